The highest BCUT2D eigenvalue weighted by atomic mass is 19.1. The molecular weight excluding hydrogens is 323 g/mol. The number of amides is 1. The van der Waals surface area contributed by atoms with E-state index in [0.29, 0.717) is 17.9 Å². The number of benzene rings is 2. The molecule has 0 fully saturated rings. The summed E-state index contributed by atoms with van der Waals surface area (Å²) < 4.78 is 18.9. The molecule has 0 aliphatic carbocycles. The van der Waals surface area contributed by atoms with Crippen molar-refractivity contribution in [3.05, 3.63) is 58.9 Å². The van der Waals surface area contributed by atoms with E-state index in [0.717, 1.165) is 17.2 Å². The Morgan fingerprint density at radius 3 is 2.72 bits per heavy atom. The van der Waals surface area contributed by atoms with Crippen molar-refractivity contribution in [2.24, 2.45) is 5.10 Å². The van der Waals surface area contributed by atoms with E-state index in [-0.39, 0.29) is 17.9 Å². The third kappa shape index (κ3) is 5.04. The van der Waals surface area contributed by atoms with Crippen LogP contribution in [0.1, 0.15) is 30.0 Å². The van der Waals surface area contributed by atoms with Gasteiger partial charge in [0.1, 0.15) is 17.3 Å². The number of hydrogen-bond acceptors (Lipinski definition) is 4. The molecule has 0 unspecified atom stereocenters. The van der Waals surface area contributed by atoms with Gasteiger partial charge in [0.25, 0.3) is 5.91 Å². The van der Waals surface area contributed by atoms with Crippen molar-refractivity contribution in [2.45, 2.75) is 27.2 Å². The highest BCUT2D eigenvalue weighted by Crippen LogP contribution is 2.20. The molecule has 0 aliphatic heterocycles. The lowest BCUT2D eigenvalue weighted by Gasteiger charge is -2.10. The van der Waals surface area contributed by atoms with Crippen molar-refractivity contribution >= 4 is 11.6 Å². The van der Waals surface area contributed by atoms with E-state index in [4.69, 9.17) is 4.74 Å². The molecule has 0 heterocycles. The van der Waals surface area contributed by atoms with Gasteiger partial charge in [-0.1, -0.05) is 19.1 Å². The first kappa shape index (κ1) is 18.4. The largest absolute Gasteiger partial charge is 0.507 e. The Bertz CT molecular complexity index is 803. The molecule has 132 valence electrons. The number of hydrazone groups is 1. The quantitative estimate of drug-likeness (QED) is 0.623. The second-order valence-corrected chi connectivity index (χ2v) is 5.67. The van der Waals surface area contributed by atoms with Crippen molar-refractivity contribution in [2.75, 3.05) is 6.61 Å². The average molecular weight is 344 g/mol. The molecule has 2 rings (SSSR count). The zero-order chi connectivity index (χ0) is 18.4. The molecule has 0 bridgehead atoms. The number of hydrogen-bond donors (Lipinski definition) is 2. The molecule has 0 saturated carbocycles. The molecule has 0 radical (unpaired) electrons. The third-order valence-corrected chi connectivity index (χ3v) is 3.62. The lowest BCUT2D eigenvalue weighted by atomic mass is 10.1. The van der Waals surface area contributed by atoms with E-state index in [1.165, 1.54) is 12.1 Å². The van der Waals surface area contributed by atoms with Crippen molar-refractivity contribution in [1.82, 2.24) is 5.43 Å². The number of rotatable bonds is 6. The lowest BCUT2D eigenvalue weighted by molar-refractivity contribution is -0.123. The van der Waals surface area contributed by atoms with Crippen LogP contribution in [-0.2, 0) is 4.79 Å². The van der Waals surface area contributed by atoms with Crippen molar-refractivity contribution in [3.63, 3.8) is 0 Å². The van der Waals surface area contributed by atoms with E-state index < -0.39 is 11.7 Å². The number of phenolic OH excluding ortho intramolecular Hbond substituents is 1. The number of aryl methyl sites for hydroxylation is 2. The summed E-state index contributed by atoms with van der Waals surface area (Å²) in [6.07, 6.45) is 0.412. The van der Waals surface area contributed by atoms with Gasteiger partial charge in [0.15, 0.2) is 6.61 Å². The van der Waals surface area contributed by atoms with Crippen LogP contribution in [-0.4, -0.2) is 23.3 Å². The summed E-state index contributed by atoms with van der Waals surface area (Å²) in [4.78, 5) is 11.9. The highest BCUT2D eigenvalue weighted by molar-refractivity contribution is 6.03. The maximum absolute atomic E-state index is 13.3. The first-order valence-corrected chi connectivity index (χ1v) is 7.95. The number of carbonyl (C=O) groups excluding carboxylic acids is 1. The predicted octanol–water partition coefficient (Wildman–Crippen LogP) is 3.46. The molecule has 0 atom stereocenters. The molecule has 25 heavy (non-hydrogen) atoms. The summed E-state index contributed by atoms with van der Waals surface area (Å²) in [5.41, 5.74) is 4.96. The lowest BCUT2D eigenvalue weighted by Crippen LogP contribution is -2.26. The Labute approximate surface area is 146 Å². The summed E-state index contributed by atoms with van der Waals surface area (Å²) in [5.74, 6) is -0.387. The standard InChI is InChI=1S/C19H21FN2O3/c1-4-16(15-10-14(20)7-8-17(15)23)21-22-19(24)11-25-18-9-12(2)5-6-13(18)3/h5-10,23H,4,11H2,1-3H3,(H,22,24)/b21-16+. The number of halogens is 1. The fourth-order valence-corrected chi connectivity index (χ4v) is 2.24. The van der Waals surface area contributed by atoms with Gasteiger partial charge in [-0.15, -0.1) is 0 Å². The minimum absolute atomic E-state index is 0.0946. The Kier molecular flexibility index (Phi) is 6.11. The van der Waals surface area contributed by atoms with Gasteiger partial charge in [0.2, 0.25) is 0 Å². The number of ether oxygens (including phenoxy) is 1. The monoisotopic (exact) mass is 344 g/mol. The first-order chi connectivity index (χ1) is 11.9. The Hall–Kier alpha value is -2.89. The van der Waals surface area contributed by atoms with E-state index in [2.05, 4.69) is 10.5 Å². The molecule has 0 aromatic heterocycles. The molecule has 6 heteroatoms. The van der Waals surface area contributed by atoms with Gasteiger partial charge in [0, 0.05) is 5.56 Å². The summed E-state index contributed by atoms with van der Waals surface area (Å²) in [6, 6.07) is 9.32. The Morgan fingerprint density at radius 1 is 1.24 bits per heavy atom. The van der Waals surface area contributed by atoms with E-state index in [1.54, 1.807) is 6.92 Å². The van der Waals surface area contributed by atoms with Crippen LogP contribution in [0.5, 0.6) is 11.5 Å². The van der Waals surface area contributed by atoms with Crippen molar-refractivity contribution in [3.8, 4) is 11.5 Å². The van der Waals surface area contributed by atoms with E-state index in [1.807, 2.05) is 32.0 Å². The van der Waals surface area contributed by atoms with Gasteiger partial charge < -0.3 is 9.84 Å². The second-order valence-electron chi connectivity index (χ2n) is 5.67. The Balaban J connectivity index is 2.02. The van der Waals surface area contributed by atoms with Crippen molar-refractivity contribution < 1.29 is 19.0 Å². The molecule has 2 aromatic carbocycles. The van der Waals surface area contributed by atoms with Crippen LogP contribution >= 0.6 is 0 Å². The van der Waals surface area contributed by atoms with Gasteiger partial charge >= 0.3 is 0 Å². The topological polar surface area (TPSA) is 70.9 Å². The van der Waals surface area contributed by atoms with Gasteiger partial charge in [-0.2, -0.15) is 5.10 Å². The molecular formula is C19H21FN2O3. The van der Waals surface area contributed by atoms with Gasteiger partial charge in [-0.25, -0.2) is 9.82 Å². The van der Waals surface area contributed by atoms with Crippen molar-refractivity contribution in [1.29, 1.82) is 0 Å². The van der Waals surface area contributed by atoms with E-state index in [9.17, 15) is 14.3 Å². The number of nitrogens with zero attached hydrogens (tertiary/aromatic N) is 1. The number of carbonyl (C=O) groups is 1. The number of nitrogens with one attached hydrogen (secondary N) is 1. The highest BCUT2D eigenvalue weighted by Gasteiger charge is 2.10. The van der Waals surface area contributed by atoms with Crippen LogP contribution in [0.25, 0.3) is 0 Å². The minimum atomic E-state index is -0.487. The van der Waals surface area contributed by atoms with E-state index >= 15 is 0 Å². The van der Waals surface area contributed by atoms with Gasteiger partial charge in [-0.3, -0.25) is 4.79 Å². The molecule has 0 saturated heterocycles. The summed E-state index contributed by atoms with van der Waals surface area (Å²) in [6.45, 7) is 5.43. The first-order valence-electron chi connectivity index (χ1n) is 7.95. The maximum Gasteiger partial charge on any atom is 0.277 e. The van der Waals surface area contributed by atoms with Crippen LogP contribution in [0.2, 0.25) is 0 Å². The van der Waals surface area contributed by atoms with Crippen LogP contribution in [0.3, 0.4) is 0 Å². The fourth-order valence-electron chi connectivity index (χ4n) is 2.24. The number of phenols is 1. The van der Waals surface area contributed by atoms with Crippen LogP contribution in [0, 0.1) is 19.7 Å². The summed E-state index contributed by atoms with van der Waals surface area (Å²) >= 11 is 0. The molecule has 0 spiro atoms. The zero-order valence-electron chi connectivity index (χ0n) is 14.5. The zero-order valence-corrected chi connectivity index (χ0v) is 14.5. The van der Waals surface area contributed by atoms with Crippen LogP contribution in [0.4, 0.5) is 4.39 Å². The normalized spacial score (nSPS) is 11.3. The predicted molar refractivity (Wildman–Crippen MR) is 94.4 cm³/mol. The fraction of sp³-hybridized carbons (Fsp3) is 0.263. The molecule has 0 aliphatic rings. The van der Waals surface area contributed by atoms with Crippen LogP contribution in [0.15, 0.2) is 41.5 Å². The maximum atomic E-state index is 13.3. The summed E-state index contributed by atoms with van der Waals surface area (Å²) in [5, 5.41) is 13.8. The SMILES string of the molecule is CC/C(=N\NC(=O)COc1cc(C)ccc1C)c1cc(F)ccc1O. The third-order valence-electron chi connectivity index (χ3n) is 3.62. The van der Waals surface area contributed by atoms with Crippen LogP contribution < -0.4 is 10.2 Å². The van der Waals surface area contributed by atoms with Gasteiger partial charge in [-0.05, 0) is 55.7 Å². The van der Waals surface area contributed by atoms with Gasteiger partial charge in [0.05, 0.1) is 5.71 Å². The summed E-state index contributed by atoms with van der Waals surface area (Å²) in [7, 11) is 0. The average Bonchev–Trinajstić information content (AvgIpc) is 2.59. The smallest absolute Gasteiger partial charge is 0.277 e. The molecule has 5 nitrogen and oxygen atoms in total. The second kappa shape index (κ2) is 8.28. The molecule has 2 N–H and O–H groups in total. The minimum Gasteiger partial charge on any atom is -0.507 e. The molecule has 1 amide bonds. The molecule has 2 aromatic rings. The Morgan fingerprint density at radius 2 is 2.00 bits per heavy atom. The number of aromatic hydroxyl groups is 1.